The Morgan fingerprint density at radius 2 is 1.88 bits per heavy atom. The van der Waals surface area contributed by atoms with Crippen LogP contribution >= 0.6 is 0 Å². The van der Waals surface area contributed by atoms with Crippen molar-refractivity contribution in [2.45, 2.75) is 83.0 Å². The molecule has 6 nitrogen and oxygen atoms in total. The van der Waals surface area contributed by atoms with Crippen molar-refractivity contribution in [3.63, 3.8) is 0 Å². The maximum atomic E-state index is 13.5. The van der Waals surface area contributed by atoms with Gasteiger partial charge in [-0.2, -0.15) is 0 Å². The van der Waals surface area contributed by atoms with Crippen molar-refractivity contribution in [2.24, 2.45) is 5.92 Å². The van der Waals surface area contributed by atoms with E-state index in [4.69, 9.17) is 4.74 Å². The zero-order chi connectivity index (χ0) is 19.5. The largest absolute Gasteiger partial charge is 0.444 e. The summed E-state index contributed by atoms with van der Waals surface area (Å²) in [5.74, 6) is -3.20. The Morgan fingerprint density at radius 1 is 1.27 bits per heavy atom. The number of aliphatic hydroxyl groups is 1. The van der Waals surface area contributed by atoms with Gasteiger partial charge in [-0.25, -0.2) is 13.6 Å². The number of aliphatic hydroxyl groups excluding tert-OH is 1. The van der Waals surface area contributed by atoms with Crippen LogP contribution in [0.1, 0.15) is 59.3 Å². The molecule has 2 rings (SSSR count). The molecule has 1 aliphatic heterocycles. The lowest BCUT2D eigenvalue weighted by Gasteiger charge is -2.31. The first-order chi connectivity index (χ1) is 12.0. The number of hydrogen-bond donors (Lipinski definition) is 2. The Balaban J connectivity index is 2.02. The fourth-order valence-corrected chi connectivity index (χ4v) is 3.53. The van der Waals surface area contributed by atoms with Gasteiger partial charge in [-0.05, 0) is 58.8 Å². The van der Waals surface area contributed by atoms with Crippen LogP contribution in [0.4, 0.5) is 13.6 Å². The van der Waals surface area contributed by atoms with Crippen LogP contribution in [-0.2, 0) is 9.53 Å². The van der Waals surface area contributed by atoms with Crippen molar-refractivity contribution < 1.29 is 28.2 Å². The predicted octanol–water partition coefficient (Wildman–Crippen LogP) is 2.69. The first kappa shape index (κ1) is 20.9. The van der Waals surface area contributed by atoms with Crippen LogP contribution in [0.2, 0.25) is 0 Å². The fourth-order valence-electron chi connectivity index (χ4n) is 3.53. The normalized spacial score (nSPS) is 27.1. The fraction of sp³-hybridized carbons (Fsp3) is 0.889. The minimum atomic E-state index is -2.87. The van der Waals surface area contributed by atoms with Gasteiger partial charge < -0.3 is 20.1 Å². The molecule has 1 saturated heterocycles. The molecule has 0 aromatic carbocycles. The lowest BCUT2D eigenvalue weighted by molar-refractivity contribution is -0.134. The van der Waals surface area contributed by atoms with Crippen LogP contribution in [-0.4, -0.2) is 58.8 Å². The first-order valence-corrected chi connectivity index (χ1v) is 9.29. The number of alkyl carbamates (subject to hydrolysis) is 1. The number of ether oxygens (including phenoxy) is 1. The first-order valence-electron chi connectivity index (χ1n) is 9.29. The van der Waals surface area contributed by atoms with Crippen molar-refractivity contribution in [1.82, 2.24) is 10.2 Å². The van der Waals surface area contributed by atoms with E-state index in [-0.39, 0.29) is 25.0 Å². The molecule has 1 atom stereocenters. The van der Waals surface area contributed by atoms with Gasteiger partial charge in [0.15, 0.2) is 0 Å². The summed E-state index contributed by atoms with van der Waals surface area (Å²) in [6, 6.07) is -0.890. The van der Waals surface area contributed by atoms with E-state index in [1.165, 1.54) is 0 Å². The summed E-state index contributed by atoms with van der Waals surface area (Å²) in [5, 5.41) is 12.2. The Labute approximate surface area is 153 Å². The minimum absolute atomic E-state index is 0.0122. The summed E-state index contributed by atoms with van der Waals surface area (Å²) >= 11 is 0. The molecule has 1 saturated carbocycles. The number of halogens is 2. The SMILES string of the molecule is CC(C)(C)OC(=O)N[C@@H](CC1CCC(O)CC1)C(=O)N1CCC(F)(F)C1. The molecular formula is C18H30F2N2O4. The predicted molar refractivity (Wildman–Crippen MR) is 91.9 cm³/mol. The smallest absolute Gasteiger partial charge is 0.408 e. The van der Waals surface area contributed by atoms with Crippen molar-refractivity contribution in [3.8, 4) is 0 Å². The third-order valence-corrected chi connectivity index (χ3v) is 4.86. The summed E-state index contributed by atoms with van der Waals surface area (Å²) < 4.78 is 32.2. The molecule has 0 unspecified atom stereocenters. The summed E-state index contributed by atoms with van der Waals surface area (Å²) in [6.45, 7) is 4.52. The topological polar surface area (TPSA) is 78.9 Å². The maximum absolute atomic E-state index is 13.5. The molecule has 0 radical (unpaired) electrons. The number of likely N-dealkylation sites (tertiary alicyclic amines) is 1. The molecule has 26 heavy (non-hydrogen) atoms. The summed E-state index contributed by atoms with van der Waals surface area (Å²) in [5.41, 5.74) is -0.715. The van der Waals surface area contributed by atoms with Crippen molar-refractivity contribution in [1.29, 1.82) is 0 Å². The van der Waals surface area contributed by atoms with E-state index in [0.717, 1.165) is 17.7 Å². The second-order valence-electron chi connectivity index (χ2n) is 8.47. The maximum Gasteiger partial charge on any atom is 0.408 e. The quantitative estimate of drug-likeness (QED) is 0.791. The number of nitrogens with one attached hydrogen (secondary N) is 1. The Kier molecular flexibility index (Phi) is 6.47. The van der Waals surface area contributed by atoms with Gasteiger partial charge in [0.1, 0.15) is 11.6 Å². The van der Waals surface area contributed by atoms with Crippen LogP contribution in [0, 0.1) is 5.92 Å². The molecule has 2 amide bonds. The van der Waals surface area contributed by atoms with Gasteiger partial charge in [0, 0.05) is 13.0 Å². The number of nitrogens with zero attached hydrogens (tertiary/aromatic N) is 1. The molecule has 150 valence electrons. The second kappa shape index (κ2) is 8.06. The van der Waals surface area contributed by atoms with Crippen molar-refractivity contribution in [2.75, 3.05) is 13.1 Å². The monoisotopic (exact) mass is 376 g/mol. The minimum Gasteiger partial charge on any atom is -0.444 e. The number of carbonyl (C=O) groups is 2. The number of rotatable bonds is 4. The lowest BCUT2D eigenvalue weighted by atomic mass is 9.83. The van der Waals surface area contributed by atoms with E-state index in [1.807, 2.05) is 0 Å². The highest BCUT2D eigenvalue weighted by molar-refractivity contribution is 5.86. The van der Waals surface area contributed by atoms with E-state index in [9.17, 15) is 23.5 Å². The molecule has 1 heterocycles. The van der Waals surface area contributed by atoms with Crippen molar-refractivity contribution >= 4 is 12.0 Å². The molecule has 0 aromatic heterocycles. The number of alkyl halides is 2. The highest BCUT2D eigenvalue weighted by Gasteiger charge is 2.42. The van der Waals surface area contributed by atoms with Crippen LogP contribution in [0.25, 0.3) is 0 Å². The van der Waals surface area contributed by atoms with Crippen LogP contribution < -0.4 is 5.32 Å². The van der Waals surface area contributed by atoms with Gasteiger partial charge in [0.05, 0.1) is 12.6 Å². The molecule has 0 aromatic rings. The standard InChI is InChI=1S/C18H30F2N2O4/c1-17(2,3)26-16(25)21-14(10-12-4-6-13(23)7-5-12)15(24)22-9-8-18(19,20)11-22/h12-14,23H,4-11H2,1-3H3,(H,21,25)/t12?,13?,14-/m0/s1. The highest BCUT2D eigenvalue weighted by Crippen LogP contribution is 2.30. The van der Waals surface area contributed by atoms with Crippen LogP contribution in [0.5, 0.6) is 0 Å². The molecular weight excluding hydrogens is 346 g/mol. The Morgan fingerprint density at radius 3 is 2.38 bits per heavy atom. The zero-order valence-corrected chi connectivity index (χ0v) is 15.8. The Bertz CT molecular complexity index is 514. The summed E-state index contributed by atoms with van der Waals surface area (Å²) in [6.07, 6.45) is 1.77. The van der Waals surface area contributed by atoms with Gasteiger partial charge in [-0.15, -0.1) is 0 Å². The van der Waals surface area contributed by atoms with Crippen LogP contribution in [0.3, 0.4) is 0 Å². The van der Waals surface area contributed by atoms with Gasteiger partial charge in [0.2, 0.25) is 5.91 Å². The van der Waals surface area contributed by atoms with Crippen LogP contribution in [0.15, 0.2) is 0 Å². The van der Waals surface area contributed by atoms with E-state index < -0.39 is 36.1 Å². The zero-order valence-electron chi connectivity index (χ0n) is 15.8. The highest BCUT2D eigenvalue weighted by atomic mass is 19.3. The van der Waals surface area contributed by atoms with Gasteiger partial charge in [0.25, 0.3) is 5.92 Å². The second-order valence-corrected chi connectivity index (χ2v) is 8.47. The number of carbonyl (C=O) groups excluding carboxylic acids is 2. The third-order valence-electron chi connectivity index (χ3n) is 4.86. The number of hydrogen-bond acceptors (Lipinski definition) is 4. The molecule has 1 aliphatic carbocycles. The van der Waals surface area contributed by atoms with E-state index >= 15 is 0 Å². The Hall–Kier alpha value is -1.44. The van der Waals surface area contributed by atoms with E-state index in [2.05, 4.69) is 5.32 Å². The molecule has 2 N–H and O–H groups in total. The van der Waals surface area contributed by atoms with Gasteiger partial charge in [-0.1, -0.05) is 0 Å². The molecule has 2 fully saturated rings. The molecule has 0 spiro atoms. The average Bonchev–Trinajstić information content (AvgIpc) is 2.86. The van der Waals surface area contributed by atoms with Gasteiger partial charge in [-0.3, -0.25) is 4.79 Å². The van der Waals surface area contributed by atoms with E-state index in [1.54, 1.807) is 20.8 Å². The number of amides is 2. The lowest BCUT2D eigenvalue weighted by Crippen LogP contribution is -2.50. The summed E-state index contributed by atoms with van der Waals surface area (Å²) in [4.78, 5) is 26.0. The summed E-state index contributed by atoms with van der Waals surface area (Å²) in [7, 11) is 0. The van der Waals surface area contributed by atoms with Gasteiger partial charge >= 0.3 is 6.09 Å². The molecule has 0 bridgehead atoms. The molecule has 2 aliphatic rings. The van der Waals surface area contributed by atoms with E-state index in [0.29, 0.717) is 19.3 Å². The average molecular weight is 376 g/mol. The third kappa shape index (κ3) is 6.37. The van der Waals surface area contributed by atoms with Crippen molar-refractivity contribution in [3.05, 3.63) is 0 Å². The molecule has 8 heteroatoms.